The summed E-state index contributed by atoms with van der Waals surface area (Å²) in [7, 11) is 1.76. The lowest BCUT2D eigenvalue weighted by Gasteiger charge is -2.36. The van der Waals surface area contributed by atoms with Crippen LogP contribution in [0.4, 0.5) is 24.8 Å². The Bertz CT molecular complexity index is 1300. The second-order valence-electron chi connectivity index (χ2n) is 10.6. The van der Waals surface area contributed by atoms with Crippen LogP contribution in [0.2, 0.25) is 0 Å². The number of carbonyl (C=O) groups excluding carboxylic acids is 1. The van der Waals surface area contributed by atoms with E-state index in [0.717, 1.165) is 19.0 Å². The van der Waals surface area contributed by atoms with E-state index < -0.39 is 11.7 Å². The number of carbonyl (C=O) groups is 1. The van der Waals surface area contributed by atoms with E-state index in [4.69, 9.17) is 0 Å². The van der Waals surface area contributed by atoms with Gasteiger partial charge in [0.05, 0.1) is 17.6 Å². The first-order valence-corrected chi connectivity index (χ1v) is 12.4. The molecule has 37 heavy (non-hydrogen) atoms. The Balaban J connectivity index is 1.52. The number of nitrogens with zero attached hydrogens (tertiary/aromatic N) is 5. The van der Waals surface area contributed by atoms with E-state index >= 15 is 0 Å². The van der Waals surface area contributed by atoms with Crippen LogP contribution >= 0.6 is 0 Å². The summed E-state index contributed by atoms with van der Waals surface area (Å²) < 4.78 is 43.7. The zero-order valence-electron chi connectivity index (χ0n) is 21.3. The number of aryl methyl sites for hydroxylation is 1. The van der Waals surface area contributed by atoms with Gasteiger partial charge in [-0.1, -0.05) is 0 Å². The summed E-state index contributed by atoms with van der Waals surface area (Å²) in [5.41, 5.74) is 0.545. The van der Waals surface area contributed by atoms with Gasteiger partial charge in [0.1, 0.15) is 11.3 Å². The van der Waals surface area contributed by atoms with Crippen molar-refractivity contribution in [1.82, 2.24) is 30.0 Å². The number of rotatable bonds is 4. The molecule has 5 heterocycles. The van der Waals surface area contributed by atoms with Gasteiger partial charge in [0.25, 0.3) is 5.91 Å². The Morgan fingerprint density at radius 2 is 2.00 bits per heavy atom. The van der Waals surface area contributed by atoms with Gasteiger partial charge in [-0.05, 0) is 52.0 Å². The zero-order valence-corrected chi connectivity index (χ0v) is 21.3. The van der Waals surface area contributed by atoms with Crippen molar-refractivity contribution >= 4 is 17.5 Å². The molecule has 198 valence electrons. The first-order chi connectivity index (χ1) is 17.4. The highest BCUT2D eigenvalue weighted by Crippen LogP contribution is 2.40. The topological polar surface area (TPSA) is 104 Å². The lowest BCUT2D eigenvalue weighted by molar-refractivity contribution is -0.137. The maximum atomic E-state index is 14.0. The normalized spacial score (nSPS) is 22.0. The number of halogens is 3. The van der Waals surface area contributed by atoms with Crippen molar-refractivity contribution in [2.75, 3.05) is 16.8 Å². The van der Waals surface area contributed by atoms with Crippen LogP contribution in [0, 0.1) is 0 Å². The predicted molar refractivity (Wildman–Crippen MR) is 133 cm³/mol. The summed E-state index contributed by atoms with van der Waals surface area (Å²) in [4.78, 5) is 26.5. The first kappa shape index (κ1) is 25.2. The van der Waals surface area contributed by atoms with Gasteiger partial charge in [0.15, 0.2) is 0 Å². The Hall–Kier alpha value is -3.41. The second-order valence-corrected chi connectivity index (χ2v) is 10.6. The number of alkyl halides is 3. The highest BCUT2D eigenvalue weighted by atomic mass is 19.4. The van der Waals surface area contributed by atoms with Gasteiger partial charge in [0, 0.05) is 55.4 Å². The van der Waals surface area contributed by atoms with Crippen molar-refractivity contribution in [3.63, 3.8) is 0 Å². The van der Waals surface area contributed by atoms with Crippen molar-refractivity contribution < 1.29 is 18.0 Å². The van der Waals surface area contributed by atoms with E-state index in [9.17, 15) is 18.0 Å². The van der Waals surface area contributed by atoms with Gasteiger partial charge >= 0.3 is 6.18 Å². The van der Waals surface area contributed by atoms with Gasteiger partial charge in [-0.2, -0.15) is 18.3 Å². The average Bonchev–Trinajstić information content (AvgIpc) is 3.42. The number of anilines is 2. The number of amides is 1. The summed E-state index contributed by atoms with van der Waals surface area (Å²) in [5.74, 6) is -0.175. The quantitative estimate of drug-likeness (QED) is 0.482. The summed E-state index contributed by atoms with van der Waals surface area (Å²) in [5, 5.41) is 10.8. The average molecular weight is 517 g/mol. The standard InChI is InChI=1S/C25H31F3N8O/c1-14-5-6-17-18(11-29-21(17)22(37)36(14)16-10-32-35(4)13-16)20-19(25(26,27)28)12-30-23(34-20)33-15-7-8-24(2,3)31-9-15/h10-15,29,31H,5-9H2,1-4H3,(H,30,33,34). The lowest BCUT2D eigenvalue weighted by Crippen LogP contribution is -2.50. The molecule has 3 N–H and O–H groups in total. The maximum Gasteiger partial charge on any atom is 0.419 e. The minimum Gasteiger partial charge on any atom is -0.356 e. The molecule has 5 rings (SSSR count). The fraction of sp³-hybridized carbons (Fsp3) is 0.520. The molecular weight excluding hydrogens is 485 g/mol. The Morgan fingerprint density at radius 1 is 1.22 bits per heavy atom. The summed E-state index contributed by atoms with van der Waals surface area (Å²) >= 11 is 0. The van der Waals surface area contributed by atoms with Crippen LogP contribution in [0.5, 0.6) is 0 Å². The second kappa shape index (κ2) is 9.16. The van der Waals surface area contributed by atoms with E-state index in [2.05, 4.69) is 44.5 Å². The smallest absolute Gasteiger partial charge is 0.356 e. The SMILES string of the molecule is CC1CCc2c(-c3nc(NC4CCC(C)(C)NC4)ncc3C(F)(F)F)c[nH]c2C(=O)N1c1cnn(C)c1. The van der Waals surface area contributed by atoms with E-state index in [1.54, 1.807) is 29.0 Å². The number of fused-ring (bicyclic) bond motifs is 1. The molecule has 0 aromatic carbocycles. The molecule has 12 heteroatoms. The minimum absolute atomic E-state index is 0.00332. The number of nitrogens with one attached hydrogen (secondary N) is 3. The summed E-state index contributed by atoms with van der Waals surface area (Å²) in [6.45, 7) is 6.81. The van der Waals surface area contributed by atoms with Crippen molar-refractivity contribution in [1.29, 1.82) is 0 Å². The number of H-pyrrole nitrogens is 1. The lowest BCUT2D eigenvalue weighted by atomic mass is 9.91. The van der Waals surface area contributed by atoms with E-state index in [1.807, 2.05) is 6.92 Å². The third-order valence-corrected chi connectivity index (χ3v) is 7.27. The Kier molecular flexibility index (Phi) is 6.25. The van der Waals surface area contributed by atoms with Crippen molar-refractivity contribution in [3.8, 4) is 11.3 Å². The number of piperidine rings is 1. The maximum absolute atomic E-state index is 14.0. The van der Waals surface area contributed by atoms with E-state index in [0.29, 0.717) is 30.6 Å². The van der Waals surface area contributed by atoms with Crippen LogP contribution in [0.25, 0.3) is 11.3 Å². The van der Waals surface area contributed by atoms with Gasteiger partial charge in [-0.3, -0.25) is 9.48 Å². The van der Waals surface area contributed by atoms with E-state index in [-0.39, 0.29) is 46.4 Å². The first-order valence-electron chi connectivity index (χ1n) is 12.4. The number of hydrogen-bond acceptors (Lipinski definition) is 6. The molecule has 3 aromatic heterocycles. The van der Waals surface area contributed by atoms with Gasteiger partial charge in [-0.15, -0.1) is 0 Å². The molecule has 1 saturated heterocycles. The molecule has 2 aliphatic rings. The number of aromatic amines is 1. The molecule has 2 unspecified atom stereocenters. The minimum atomic E-state index is -4.65. The monoisotopic (exact) mass is 516 g/mol. The molecule has 0 radical (unpaired) electrons. The van der Waals surface area contributed by atoms with Crippen molar-refractivity contribution in [2.45, 2.75) is 70.3 Å². The van der Waals surface area contributed by atoms with Crippen LogP contribution in [0.15, 0.2) is 24.8 Å². The highest BCUT2D eigenvalue weighted by molar-refractivity contribution is 6.07. The molecule has 1 amide bonds. The molecular formula is C25H31F3N8O. The third kappa shape index (κ3) is 4.94. The Labute approximate surface area is 212 Å². The largest absolute Gasteiger partial charge is 0.419 e. The molecule has 0 spiro atoms. The zero-order chi connectivity index (χ0) is 26.5. The van der Waals surface area contributed by atoms with Crippen molar-refractivity contribution in [2.24, 2.45) is 7.05 Å². The highest BCUT2D eigenvalue weighted by Gasteiger charge is 2.38. The van der Waals surface area contributed by atoms with E-state index in [1.165, 1.54) is 6.20 Å². The Morgan fingerprint density at radius 3 is 2.65 bits per heavy atom. The third-order valence-electron chi connectivity index (χ3n) is 7.27. The van der Waals surface area contributed by atoms with Crippen LogP contribution in [0.3, 0.4) is 0 Å². The molecule has 2 atom stereocenters. The van der Waals surface area contributed by atoms with Crippen LogP contribution in [-0.2, 0) is 19.6 Å². The van der Waals surface area contributed by atoms with Gasteiger partial charge < -0.3 is 20.5 Å². The fourth-order valence-corrected chi connectivity index (χ4v) is 5.12. The number of aromatic nitrogens is 5. The van der Waals surface area contributed by atoms with Gasteiger partial charge in [0.2, 0.25) is 5.95 Å². The molecule has 1 fully saturated rings. The summed E-state index contributed by atoms with van der Waals surface area (Å²) in [6.07, 6.45) is 3.72. The number of hydrogen-bond donors (Lipinski definition) is 3. The van der Waals surface area contributed by atoms with Gasteiger partial charge in [-0.25, -0.2) is 9.97 Å². The molecule has 0 saturated carbocycles. The molecule has 3 aromatic rings. The molecule has 0 bridgehead atoms. The van der Waals surface area contributed by atoms with Crippen LogP contribution < -0.4 is 15.5 Å². The molecule has 0 aliphatic carbocycles. The van der Waals surface area contributed by atoms with Crippen molar-refractivity contribution in [3.05, 3.63) is 41.6 Å². The predicted octanol–water partition coefficient (Wildman–Crippen LogP) is 4.15. The molecule has 9 nitrogen and oxygen atoms in total. The van der Waals surface area contributed by atoms with Crippen LogP contribution in [0.1, 0.15) is 61.6 Å². The summed E-state index contributed by atoms with van der Waals surface area (Å²) in [6, 6.07) is -0.172. The van der Waals surface area contributed by atoms with Crippen LogP contribution in [-0.4, -0.2) is 54.8 Å². The fourth-order valence-electron chi connectivity index (χ4n) is 5.12. The molecule has 2 aliphatic heterocycles.